The molecule has 5 nitrogen and oxygen atoms in total. The van der Waals surface area contributed by atoms with Gasteiger partial charge in [-0.25, -0.2) is 0 Å². The second kappa shape index (κ2) is 7.39. The van der Waals surface area contributed by atoms with E-state index in [1.165, 1.54) is 58.0 Å². The van der Waals surface area contributed by atoms with E-state index in [0.29, 0.717) is 35.4 Å². The van der Waals surface area contributed by atoms with Crippen LogP contribution in [0, 0.1) is 17.3 Å². The Kier molecular flexibility index (Phi) is 5.47. The summed E-state index contributed by atoms with van der Waals surface area (Å²) in [5.41, 5.74) is 0.389. The lowest BCUT2D eigenvalue weighted by Gasteiger charge is -2.57. The summed E-state index contributed by atoms with van der Waals surface area (Å²) in [5, 5.41) is 7.62. The van der Waals surface area contributed by atoms with Crippen LogP contribution in [0.5, 0.6) is 0 Å². The zero-order chi connectivity index (χ0) is 17.0. The van der Waals surface area contributed by atoms with E-state index in [1.54, 1.807) is 0 Å². The van der Waals surface area contributed by atoms with Gasteiger partial charge in [0.2, 0.25) is 0 Å². The summed E-state index contributed by atoms with van der Waals surface area (Å²) >= 11 is 0. The molecule has 3 saturated carbocycles. The minimum Gasteiger partial charge on any atom is -0.377 e. The maximum Gasteiger partial charge on any atom is 0.191 e. The van der Waals surface area contributed by atoms with Gasteiger partial charge in [0.15, 0.2) is 5.96 Å². The topological polar surface area (TPSA) is 48.9 Å². The second-order valence-electron chi connectivity index (χ2n) is 9.29. The Bertz CT molecular complexity index is 546. The van der Waals surface area contributed by atoms with Gasteiger partial charge >= 0.3 is 0 Å². The highest BCUT2D eigenvalue weighted by molar-refractivity contribution is 14.0. The molecule has 1 spiro atoms. The lowest BCUT2D eigenvalue weighted by Crippen LogP contribution is -2.69. The standard InChI is InChI=1S/C20H34N4O.HI/c1-13-11-24(14-5-6-14)12-16(13)22-19(21-2)23-17-15-7-10-25-18(15)20(17)8-3-4-9-20;/h13-18H,3-12H2,1-2H3,(H2,21,22,23);1H. The SMILES string of the molecule is CN=C(NC1CN(C2CC2)CC1C)NC1C2CCOC2C12CCCC2.I. The summed E-state index contributed by atoms with van der Waals surface area (Å²) < 4.78 is 6.13. The van der Waals surface area contributed by atoms with Gasteiger partial charge in [-0.3, -0.25) is 9.89 Å². The van der Waals surface area contributed by atoms with Crippen molar-refractivity contribution in [2.24, 2.45) is 22.2 Å². The lowest BCUT2D eigenvalue weighted by atomic mass is 9.54. The molecular weight excluding hydrogens is 439 g/mol. The smallest absolute Gasteiger partial charge is 0.191 e. The third kappa shape index (κ3) is 3.08. The molecule has 0 radical (unpaired) electrons. The molecule has 26 heavy (non-hydrogen) atoms. The fourth-order valence-corrected chi connectivity index (χ4v) is 6.33. The Hall–Kier alpha value is -0.0800. The molecule has 6 heteroatoms. The molecular formula is C20H35IN4O. The summed E-state index contributed by atoms with van der Waals surface area (Å²) in [6.45, 7) is 5.76. The minimum atomic E-state index is 0. The summed E-state index contributed by atoms with van der Waals surface area (Å²) in [5.74, 6) is 2.42. The van der Waals surface area contributed by atoms with Crippen molar-refractivity contribution in [1.82, 2.24) is 15.5 Å². The van der Waals surface area contributed by atoms with Crippen molar-refractivity contribution in [2.75, 3.05) is 26.7 Å². The van der Waals surface area contributed by atoms with E-state index in [-0.39, 0.29) is 24.0 Å². The highest BCUT2D eigenvalue weighted by Crippen LogP contribution is 2.60. The molecule has 148 valence electrons. The van der Waals surface area contributed by atoms with E-state index < -0.39 is 0 Å². The maximum absolute atomic E-state index is 6.13. The van der Waals surface area contributed by atoms with Crippen LogP contribution in [0.25, 0.3) is 0 Å². The van der Waals surface area contributed by atoms with Gasteiger partial charge in [-0.05, 0) is 38.0 Å². The van der Waals surface area contributed by atoms with E-state index in [0.717, 1.165) is 18.6 Å². The number of likely N-dealkylation sites (tertiary alicyclic amines) is 1. The Balaban J connectivity index is 0.00000168. The van der Waals surface area contributed by atoms with Crippen molar-refractivity contribution >= 4 is 29.9 Å². The van der Waals surface area contributed by atoms with E-state index in [9.17, 15) is 0 Å². The van der Waals surface area contributed by atoms with Crippen LogP contribution in [0.4, 0.5) is 0 Å². The zero-order valence-corrected chi connectivity index (χ0v) is 18.6. The fourth-order valence-electron chi connectivity index (χ4n) is 6.33. The maximum atomic E-state index is 6.13. The Morgan fingerprint density at radius 3 is 2.58 bits per heavy atom. The van der Waals surface area contributed by atoms with Crippen LogP contribution in [0.3, 0.4) is 0 Å². The third-order valence-electron chi connectivity index (χ3n) is 7.83. The first-order chi connectivity index (χ1) is 12.2. The molecule has 0 aromatic rings. The highest BCUT2D eigenvalue weighted by Gasteiger charge is 2.65. The Morgan fingerprint density at radius 2 is 1.88 bits per heavy atom. The van der Waals surface area contributed by atoms with Crippen LogP contribution in [-0.2, 0) is 4.74 Å². The molecule has 2 N–H and O–H groups in total. The number of nitrogens with zero attached hydrogens (tertiary/aromatic N) is 2. The normalized spacial score (nSPS) is 41.6. The number of aliphatic imine (C=N–C) groups is 1. The number of ether oxygens (including phenoxy) is 1. The van der Waals surface area contributed by atoms with Crippen molar-refractivity contribution in [1.29, 1.82) is 0 Å². The van der Waals surface area contributed by atoms with Gasteiger partial charge in [-0.2, -0.15) is 0 Å². The quantitative estimate of drug-likeness (QED) is 0.375. The Morgan fingerprint density at radius 1 is 1.12 bits per heavy atom. The number of guanidine groups is 1. The molecule has 5 atom stereocenters. The first-order valence-corrected chi connectivity index (χ1v) is 10.6. The molecule has 0 amide bonds. The van der Waals surface area contributed by atoms with Crippen molar-refractivity contribution in [3.05, 3.63) is 0 Å². The first-order valence-electron chi connectivity index (χ1n) is 10.6. The van der Waals surface area contributed by atoms with Crippen molar-refractivity contribution in [3.8, 4) is 0 Å². The average Bonchev–Trinajstić information content (AvgIpc) is 3.02. The molecule has 0 aromatic heterocycles. The molecule has 5 aliphatic rings. The largest absolute Gasteiger partial charge is 0.377 e. The van der Waals surface area contributed by atoms with Crippen LogP contribution >= 0.6 is 24.0 Å². The Labute approximate surface area is 175 Å². The second-order valence-corrected chi connectivity index (χ2v) is 9.29. The molecule has 2 heterocycles. The first kappa shape index (κ1) is 19.2. The zero-order valence-electron chi connectivity index (χ0n) is 16.2. The molecule has 5 fully saturated rings. The molecule has 2 aliphatic heterocycles. The summed E-state index contributed by atoms with van der Waals surface area (Å²) in [7, 11) is 1.93. The van der Waals surface area contributed by atoms with Gasteiger partial charge in [0.1, 0.15) is 0 Å². The van der Waals surface area contributed by atoms with Crippen LogP contribution in [0.15, 0.2) is 4.99 Å². The predicted octanol–water partition coefficient (Wildman–Crippen LogP) is 2.60. The van der Waals surface area contributed by atoms with E-state index >= 15 is 0 Å². The fraction of sp³-hybridized carbons (Fsp3) is 0.950. The predicted molar refractivity (Wildman–Crippen MR) is 115 cm³/mol. The number of rotatable bonds is 3. The number of nitrogens with one attached hydrogen (secondary N) is 2. The monoisotopic (exact) mass is 474 g/mol. The minimum absolute atomic E-state index is 0. The molecule has 3 aliphatic carbocycles. The third-order valence-corrected chi connectivity index (χ3v) is 7.83. The van der Waals surface area contributed by atoms with Crippen LogP contribution in [-0.4, -0.2) is 61.8 Å². The number of halogens is 1. The molecule has 0 bridgehead atoms. The highest BCUT2D eigenvalue weighted by atomic mass is 127. The van der Waals surface area contributed by atoms with Gasteiger partial charge in [0, 0.05) is 56.2 Å². The van der Waals surface area contributed by atoms with Crippen LogP contribution in [0.1, 0.15) is 51.9 Å². The summed E-state index contributed by atoms with van der Waals surface area (Å²) in [6.07, 6.45) is 9.94. The lowest BCUT2D eigenvalue weighted by molar-refractivity contribution is -0.125. The van der Waals surface area contributed by atoms with Crippen molar-refractivity contribution in [2.45, 2.75) is 76.1 Å². The molecule has 2 saturated heterocycles. The van der Waals surface area contributed by atoms with Crippen molar-refractivity contribution < 1.29 is 4.74 Å². The average molecular weight is 474 g/mol. The summed E-state index contributed by atoms with van der Waals surface area (Å²) in [4.78, 5) is 7.28. The van der Waals surface area contributed by atoms with Gasteiger partial charge in [0.25, 0.3) is 0 Å². The van der Waals surface area contributed by atoms with Crippen LogP contribution < -0.4 is 10.6 Å². The summed E-state index contributed by atoms with van der Waals surface area (Å²) in [6, 6.07) is 1.96. The van der Waals surface area contributed by atoms with Gasteiger partial charge in [-0.1, -0.05) is 19.8 Å². The number of hydrogen-bond donors (Lipinski definition) is 2. The van der Waals surface area contributed by atoms with E-state index in [2.05, 4.69) is 27.4 Å². The molecule has 5 rings (SSSR count). The van der Waals surface area contributed by atoms with Crippen LogP contribution in [0.2, 0.25) is 0 Å². The van der Waals surface area contributed by atoms with Gasteiger partial charge < -0.3 is 15.4 Å². The number of hydrogen-bond acceptors (Lipinski definition) is 3. The van der Waals surface area contributed by atoms with E-state index in [4.69, 9.17) is 4.74 Å². The van der Waals surface area contributed by atoms with E-state index in [1.807, 2.05) is 7.05 Å². The van der Waals surface area contributed by atoms with Gasteiger partial charge in [0.05, 0.1) is 6.10 Å². The van der Waals surface area contributed by atoms with Gasteiger partial charge in [-0.15, -0.1) is 24.0 Å². The molecule has 0 aromatic carbocycles. The molecule has 5 unspecified atom stereocenters. The number of fused-ring (bicyclic) bond motifs is 2. The van der Waals surface area contributed by atoms with Crippen molar-refractivity contribution in [3.63, 3.8) is 0 Å².